The molecule has 3 aromatic carbocycles. The molecule has 5 rings (SSSR count). The Morgan fingerprint density at radius 2 is 0.569 bits per heavy atom. The predicted molar refractivity (Wildman–Crippen MR) is 194 cm³/mol. The molecule has 0 spiro atoms. The average Bonchev–Trinajstić information content (AvgIpc) is 3.15. The standard InChI is InChI=1S/C38H51O12P/c1-2-4-32(5-3-1)51(33-6-8-35-37(30-33)49-28-24-45-20-16-41-12-10-39-14-18-43-22-26-47-35)34-7-9-36-38(31-34)50-29-25-46-21-17-42-13-11-40-15-19-44-23-27-48-36/h1-9,30-31H,10-29H2. The van der Waals surface area contributed by atoms with Gasteiger partial charge in [-0.2, -0.15) is 0 Å². The molecule has 0 N–H and O–H groups in total. The summed E-state index contributed by atoms with van der Waals surface area (Å²) in [6, 6.07) is 22.7. The van der Waals surface area contributed by atoms with Crippen LogP contribution < -0.4 is 34.9 Å². The van der Waals surface area contributed by atoms with Crippen molar-refractivity contribution in [3.63, 3.8) is 0 Å². The third kappa shape index (κ3) is 14.5. The van der Waals surface area contributed by atoms with E-state index in [-0.39, 0.29) is 0 Å². The van der Waals surface area contributed by atoms with Gasteiger partial charge in [0, 0.05) is 0 Å². The normalized spacial score (nSPS) is 19.2. The van der Waals surface area contributed by atoms with Gasteiger partial charge in [-0.05, 0) is 60.2 Å². The molecule has 0 bridgehead atoms. The first kappa shape index (κ1) is 39.2. The first-order valence-electron chi connectivity index (χ1n) is 17.6. The fourth-order valence-corrected chi connectivity index (χ4v) is 7.43. The highest BCUT2D eigenvalue weighted by molar-refractivity contribution is 7.79. The molecular formula is C38H51O12P. The first-order valence-corrected chi connectivity index (χ1v) is 19.0. The summed E-state index contributed by atoms with van der Waals surface area (Å²) in [7, 11) is -1.03. The Morgan fingerprint density at radius 1 is 0.275 bits per heavy atom. The van der Waals surface area contributed by atoms with Gasteiger partial charge in [-0.15, -0.1) is 0 Å². The number of benzene rings is 3. The number of fused-ring (bicyclic) bond motifs is 2. The summed E-state index contributed by atoms with van der Waals surface area (Å²) in [5.74, 6) is 2.57. The summed E-state index contributed by atoms with van der Waals surface area (Å²) in [4.78, 5) is 0. The van der Waals surface area contributed by atoms with Crippen LogP contribution in [-0.2, 0) is 37.9 Å². The van der Waals surface area contributed by atoms with E-state index < -0.39 is 7.92 Å². The van der Waals surface area contributed by atoms with Gasteiger partial charge in [0.2, 0.25) is 0 Å². The van der Waals surface area contributed by atoms with Crippen molar-refractivity contribution < 1.29 is 56.8 Å². The molecule has 0 aromatic heterocycles. The summed E-state index contributed by atoms with van der Waals surface area (Å²) >= 11 is 0. The lowest BCUT2D eigenvalue weighted by Gasteiger charge is -2.23. The largest absolute Gasteiger partial charge is 0.487 e. The molecule has 13 heteroatoms. The maximum Gasteiger partial charge on any atom is 0.161 e. The average molecular weight is 731 g/mol. The van der Waals surface area contributed by atoms with Crippen LogP contribution in [0.1, 0.15) is 0 Å². The van der Waals surface area contributed by atoms with Gasteiger partial charge in [0.15, 0.2) is 23.0 Å². The van der Waals surface area contributed by atoms with Crippen LogP contribution in [0.5, 0.6) is 23.0 Å². The van der Waals surface area contributed by atoms with E-state index in [0.29, 0.717) is 155 Å². The molecule has 0 atom stereocenters. The molecule has 2 aliphatic heterocycles. The highest BCUT2D eigenvalue weighted by atomic mass is 31.1. The van der Waals surface area contributed by atoms with E-state index in [9.17, 15) is 0 Å². The summed E-state index contributed by atoms with van der Waals surface area (Å²) in [6.45, 7) is 9.12. The van der Waals surface area contributed by atoms with Crippen LogP contribution in [0.2, 0.25) is 0 Å². The Labute approximate surface area is 302 Å². The van der Waals surface area contributed by atoms with E-state index in [1.54, 1.807) is 0 Å². The predicted octanol–water partition coefficient (Wildman–Crippen LogP) is 3.12. The second kappa shape index (κ2) is 24.3. The van der Waals surface area contributed by atoms with Crippen LogP contribution in [0.15, 0.2) is 66.7 Å². The van der Waals surface area contributed by atoms with E-state index in [1.165, 1.54) is 5.30 Å². The summed E-state index contributed by atoms with van der Waals surface area (Å²) in [5, 5.41) is 3.35. The molecule has 51 heavy (non-hydrogen) atoms. The van der Waals surface area contributed by atoms with Crippen LogP contribution >= 0.6 is 7.92 Å². The lowest BCUT2D eigenvalue weighted by Crippen LogP contribution is -2.22. The molecule has 0 unspecified atom stereocenters. The maximum atomic E-state index is 6.29. The van der Waals surface area contributed by atoms with Crippen LogP contribution in [0.3, 0.4) is 0 Å². The monoisotopic (exact) mass is 730 g/mol. The lowest BCUT2D eigenvalue weighted by molar-refractivity contribution is -0.00841. The minimum absolute atomic E-state index is 0.359. The van der Waals surface area contributed by atoms with Gasteiger partial charge >= 0.3 is 0 Å². The van der Waals surface area contributed by atoms with E-state index in [1.807, 2.05) is 18.2 Å². The molecule has 12 nitrogen and oxygen atoms in total. The van der Waals surface area contributed by atoms with E-state index in [4.69, 9.17) is 56.8 Å². The van der Waals surface area contributed by atoms with Crippen molar-refractivity contribution in [1.82, 2.24) is 0 Å². The minimum atomic E-state index is -1.03. The van der Waals surface area contributed by atoms with Crippen molar-refractivity contribution in [3.05, 3.63) is 66.7 Å². The molecule has 0 amide bonds. The molecule has 0 fully saturated rings. The number of ether oxygens (including phenoxy) is 12. The van der Waals surface area contributed by atoms with Crippen molar-refractivity contribution in [3.8, 4) is 23.0 Å². The van der Waals surface area contributed by atoms with Crippen molar-refractivity contribution in [1.29, 1.82) is 0 Å². The minimum Gasteiger partial charge on any atom is -0.487 e. The fraction of sp³-hybridized carbons (Fsp3) is 0.526. The van der Waals surface area contributed by atoms with E-state index in [0.717, 1.165) is 10.6 Å². The number of rotatable bonds is 3. The van der Waals surface area contributed by atoms with E-state index >= 15 is 0 Å². The third-order valence-corrected chi connectivity index (χ3v) is 9.96. The van der Waals surface area contributed by atoms with Gasteiger partial charge in [-0.25, -0.2) is 0 Å². The second-order valence-corrected chi connectivity index (χ2v) is 13.4. The molecule has 0 saturated heterocycles. The summed E-state index contributed by atoms with van der Waals surface area (Å²) in [5.41, 5.74) is 0. The zero-order valence-corrected chi connectivity index (χ0v) is 30.2. The molecule has 0 aliphatic carbocycles. The smallest absolute Gasteiger partial charge is 0.161 e. The molecule has 3 aromatic rings. The maximum absolute atomic E-state index is 6.29. The molecule has 280 valence electrons. The van der Waals surface area contributed by atoms with E-state index in [2.05, 4.69) is 48.5 Å². The number of hydrogen-bond donors (Lipinski definition) is 0. The first-order chi connectivity index (χ1) is 25.4. The quantitative estimate of drug-likeness (QED) is 0.370. The molecule has 2 heterocycles. The highest BCUT2D eigenvalue weighted by Gasteiger charge is 2.21. The van der Waals surface area contributed by atoms with Gasteiger partial charge in [0.05, 0.1) is 106 Å². The Morgan fingerprint density at radius 3 is 0.902 bits per heavy atom. The summed E-state index contributed by atoms with van der Waals surface area (Å²) in [6.07, 6.45) is 0. The highest BCUT2D eigenvalue weighted by Crippen LogP contribution is 2.39. The van der Waals surface area contributed by atoms with Crippen LogP contribution in [0.4, 0.5) is 0 Å². The molecular weight excluding hydrogens is 679 g/mol. The number of hydrogen-bond acceptors (Lipinski definition) is 12. The van der Waals surface area contributed by atoms with Crippen LogP contribution in [-0.4, -0.2) is 132 Å². The Balaban J connectivity index is 1.37. The molecule has 2 aliphatic rings. The van der Waals surface area contributed by atoms with Gasteiger partial charge in [-0.3, -0.25) is 0 Å². The second-order valence-electron chi connectivity index (χ2n) is 11.2. The van der Waals surface area contributed by atoms with Crippen molar-refractivity contribution in [2.75, 3.05) is 132 Å². The van der Waals surface area contributed by atoms with Crippen molar-refractivity contribution >= 4 is 23.8 Å². The third-order valence-electron chi connectivity index (χ3n) is 7.56. The summed E-state index contributed by atoms with van der Waals surface area (Å²) < 4.78 is 70.0. The van der Waals surface area contributed by atoms with Gasteiger partial charge in [0.1, 0.15) is 26.4 Å². The molecule has 0 radical (unpaired) electrons. The van der Waals surface area contributed by atoms with Crippen molar-refractivity contribution in [2.45, 2.75) is 0 Å². The van der Waals surface area contributed by atoms with Gasteiger partial charge in [-0.1, -0.05) is 30.3 Å². The Bertz CT molecular complexity index is 1280. The fourth-order valence-electron chi connectivity index (χ4n) is 5.13. The topological polar surface area (TPSA) is 111 Å². The SMILES string of the molecule is c1ccc(P(c2ccc3c(c2)OCCOCCOCCOCCOCCO3)c2ccc3c(c2)OCCOCCOCCOCCOCCO3)cc1. The molecule has 0 saturated carbocycles. The van der Waals surface area contributed by atoms with Gasteiger partial charge < -0.3 is 56.8 Å². The van der Waals surface area contributed by atoms with Crippen molar-refractivity contribution in [2.24, 2.45) is 0 Å². The van der Waals surface area contributed by atoms with Crippen LogP contribution in [0, 0.1) is 0 Å². The lowest BCUT2D eigenvalue weighted by atomic mass is 10.3. The zero-order valence-electron chi connectivity index (χ0n) is 29.3. The van der Waals surface area contributed by atoms with Crippen LogP contribution in [0.25, 0.3) is 0 Å². The Kier molecular flexibility index (Phi) is 18.6. The Hall–Kier alpha value is -3.03. The zero-order chi connectivity index (χ0) is 35.0. The van der Waals surface area contributed by atoms with Gasteiger partial charge in [0.25, 0.3) is 0 Å².